The van der Waals surface area contributed by atoms with Crippen LogP contribution in [0.1, 0.15) is 32.1 Å². The molecule has 2 nitrogen and oxygen atoms in total. The highest BCUT2D eigenvalue weighted by Crippen LogP contribution is 2.34. The monoisotopic (exact) mass is 296 g/mol. The standard InChI is InChI=1S/C18H20N2S/c1-3-7-15(8-4-1)19-20-16-11-13-18(14-12-16)21-17-9-5-2-6-10-17/h1,3-4,7-8,11-14,17H,2,5-6,9-10H2. The molecular weight excluding hydrogens is 276 g/mol. The fourth-order valence-corrected chi connectivity index (χ4v) is 3.82. The third-order valence-corrected chi connectivity index (χ3v) is 5.08. The molecule has 3 heteroatoms. The molecule has 0 radical (unpaired) electrons. The van der Waals surface area contributed by atoms with Crippen LogP contribution < -0.4 is 0 Å². The highest BCUT2D eigenvalue weighted by atomic mass is 32.2. The van der Waals surface area contributed by atoms with Crippen LogP contribution in [0, 0.1) is 0 Å². The lowest BCUT2D eigenvalue weighted by Crippen LogP contribution is -2.07. The molecule has 1 fully saturated rings. The first-order valence-corrected chi connectivity index (χ1v) is 8.52. The third-order valence-electron chi connectivity index (χ3n) is 3.73. The summed E-state index contributed by atoms with van der Waals surface area (Å²) in [7, 11) is 0. The summed E-state index contributed by atoms with van der Waals surface area (Å²) in [5.74, 6) is 0. The van der Waals surface area contributed by atoms with Crippen molar-refractivity contribution in [2.45, 2.75) is 42.2 Å². The average molecular weight is 296 g/mol. The van der Waals surface area contributed by atoms with Gasteiger partial charge >= 0.3 is 0 Å². The number of hydrogen-bond donors (Lipinski definition) is 0. The Morgan fingerprint density at radius 3 is 2.00 bits per heavy atom. The number of thioether (sulfide) groups is 1. The smallest absolute Gasteiger partial charge is 0.0857 e. The SMILES string of the molecule is c1ccc(N=Nc2ccc(SC3CCCCC3)cc2)cc1. The Morgan fingerprint density at radius 2 is 1.33 bits per heavy atom. The van der Waals surface area contributed by atoms with Gasteiger partial charge in [0.05, 0.1) is 11.4 Å². The second-order valence-corrected chi connectivity index (χ2v) is 6.78. The van der Waals surface area contributed by atoms with Crippen molar-refractivity contribution in [1.82, 2.24) is 0 Å². The number of nitrogens with zero attached hydrogens (tertiary/aromatic N) is 2. The summed E-state index contributed by atoms with van der Waals surface area (Å²) in [6.45, 7) is 0. The van der Waals surface area contributed by atoms with E-state index in [0.29, 0.717) is 0 Å². The molecule has 3 rings (SSSR count). The predicted molar refractivity (Wildman–Crippen MR) is 89.8 cm³/mol. The minimum Gasteiger partial charge on any atom is -0.151 e. The minimum atomic E-state index is 0.801. The largest absolute Gasteiger partial charge is 0.151 e. The van der Waals surface area contributed by atoms with Crippen molar-refractivity contribution < 1.29 is 0 Å². The summed E-state index contributed by atoms with van der Waals surface area (Å²) in [6.07, 6.45) is 6.91. The highest BCUT2D eigenvalue weighted by Gasteiger charge is 2.14. The molecule has 0 saturated heterocycles. The third kappa shape index (κ3) is 4.43. The van der Waals surface area contributed by atoms with Gasteiger partial charge in [-0.25, -0.2) is 0 Å². The zero-order valence-electron chi connectivity index (χ0n) is 12.1. The van der Waals surface area contributed by atoms with Crippen molar-refractivity contribution >= 4 is 23.1 Å². The van der Waals surface area contributed by atoms with Crippen LogP contribution in [-0.2, 0) is 0 Å². The lowest BCUT2D eigenvalue weighted by atomic mass is 10.0. The van der Waals surface area contributed by atoms with Gasteiger partial charge in [0.1, 0.15) is 0 Å². The van der Waals surface area contributed by atoms with E-state index in [4.69, 9.17) is 0 Å². The Morgan fingerprint density at radius 1 is 0.714 bits per heavy atom. The quantitative estimate of drug-likeness (QED) is 0.589. The molecule has 1 saturated carbocycles. The Kier molecular flexibility index (Phi) is 5.06. The van der Waals surface area contributed by atoms with Crippen LogP contribution in [0.15, 0.2) is 69.7 Å². The maximum absolute atomic E-state index is 4.28. The number of azo groups is 1. The van der Waals surface area contributed by atoms with Crippen molar-refractivity contribution in [3.63, 3.8) is 0 Å². The van der Waals surface area contributed by atoms with Crippen LogP contribution in [0.3, 0.4) is 0 Å². The van der Waals surface area contributed by atoms with Gasteiger partial charge in [-0.1, -0.05) is 37.5 Å². The van der Waals surface area contributed by atoms with Crippen LogP contribution in [-0.4, -0.2) is 5.25 Å². The zero-order valence-corrected chi connectivity index (χ0v) is 12.9. The maximum atomic E-state index is 4.28. The summed E-state index contributed by atoms with van der Waals surface area (Å²) < 4.78 is 0. The average Bonchev–Trinajstić information content (AvgIpc) is 2.56. The van der Waals surface area contributed by atoms with E-state index < -0.39 is 0 Å². The molecule has 0 amide bonds. The van der Waals surface area contributed by atoms with Crippen LogP contribution in [0.2, 0.25) is 0 Å². The van der Waals surface area contributed by atoms with Gasteiger partial charge in [-0.05, 0) is 49.2 Å². The van der Waals surface area contributed by atoms with Crippen LogP contribution >= 0.6 is 11.8 Å². The fourth-order valence-electron chi connectivity index (χ4n) is 2.58. The van der Waals surface area contributed by atoms with Crippen LogP contribution in [0.5, 0.6) is 0 Å². The molecule has 0 heterocycles. The molecule has 1 aliphatic carbocycles. The Bertz CT molecular complexity index is 572. The molecule has 0 aromatic heterocycles. The Balaban J connectivity index is 1.60. The minimum absolute atomic E-state index is 0.801. The fraction of sp³-hybridized carbons (Fsp3) is 0.333. The molecule has 0 atom stereocenters. The molecule has 21 heavy (non-hydrogen) atoms. The highest BCUT2D eigenvalue weighted by molar-refractivity contribution is 8.00. The van der Waals surface area contributed by atoms with Gasteiger partial charge in [0.25, 0.3) is 0 Å². The number of benzene rings is 2. The first-order chi connectivity index (χ1) is 10.4. The maximum Gasteiger partial charge on any atom is 0.0857 e. The van der Waals surface area contributed by atoms with E-state index in [1.807, 2.05) is 42.1 Å². The predicted octanol–water partition coefficient (Wildman–Crippen LogP) is 6.53. The molecule has 0 spiro atoms. The van der Waals surface area contributed by atoms with E-state index in [0.717, 1.165) is 16.6 Å². The molecule has 2 aromatic carbocycles. The normalized spacial score (nSPS) is 16.4. The first-order valence-electron chi connectivity index (χ1n) is 7.64. The van der Waals surface area contributed by atoms with E-state index in [2.05, 4.69) is 34.5 Å². The van der Waals surface area contributed by atoms with Crippen molar-refractivity contribution in [2.75, 3.05) is 0 Å². The van der Waals surface area contributed by atoms with Crippen molar-refractivity contribution in [3.05, 3.63) is 54.6 Å². The molecule has 0 N–H and O–H groups in total. The summed E-state index contributed by atoms with van der Waals surface area (Å²) >= 11 is 2.02. The lowest BCUT2D eigenvalue weighted by molar-refractivity contribution is 0.516. The molecule has 0 aliphatic heterocycles. The lowest BCUT2D eigenvalue weighted by Gasteiger charge is -2.20. The van der Waals surface area contributed by atoms with Gasteiger partial charge in [-0.3, -0.25) is 0 Å². The topological polar surface area (TPSA) is 24.7 Å². The van der Waals surface area contributed by atoms with Crippen molar-refractivity contribution in [3.8, 4) is 0 Å². The van der Waals surface area contributed by atoms with Gasteiger partial charge in [0.15, 0.2) is 0 Å². The van der Waals surface area contributed by atoms with Gasteiger partial charge in [0, 0.05) is 10.1 Å². The molecular formula is C18H20N2S. The van der Waals surface area contributed by atoms with Gasteiger partial charge < -0.3 is 0 Å². The molecule has 108 valence electrons. The van der Waals surface area contributed by atoms with E-state index in [-0.39, 0.29) is 0 Å². The van der Waals surface area contributed by atoms with Gasteiger partial charge in [-0.2, -0.15) is 10.2 Å². The van der Waals surface area contributed by atoms with Gasteiger partial charge in [0.2, 0.25) is 0 Å². The number of rotatable bonds is 4. The van der Waals surface area contributed by atoms with E-state index in [9.17, 15) is 0 Å². The second kappa shape index (κ2) is 7.41. The summed E-state index contributed by atoms with van der Waals surface area (Å²) in [5, 5.41) is 9.32. The summed E-state index contributed by atoms with van der Waals surface area (Å²) in [6, 6.07) is 18.3. The van der Waals surface area contributed by atoms with Gasteiger partial charge in [-0.15, -0.1) is 11.8 Å². The molecule has 1 aliphatic rings. The first kappa shape index (κ1) is 14.3. The molecule has 2 aromatic rings. The summed E-state index contributed by atoms with van der Waals surface area (Å²) in [5.41, 5.74) is 1.80. The van der Waals surface area contributed by atoms with E-state index in [1.165, 1.54) is 37.0 Å². The zero-order chi connectivity index (χ0) is 14.3. The Hall–Kier alpha value is -1.61. The molecule has 0 unspecified atom stereocenters. The second-order valence-electron chi connectivity index (χ2n) is 5.41. The van der Waals surface area contributed by atoms with Crippen molar-refractivity contribution in [2.24, 2.45) is 10.2 Å². The van der Waals surface area contributed by atoms with E-state index >= 15 is 0 Å². The van der Waals surface area contributed by atoms with Crippen LogP contribution in [0.25, 0.3) is 0 Å². The Labute approximate surface area is 130 Å². The molecule has 0 bridgehead atoms. The summed E-state index contributed by atoms with van der Waals surface area (Å²) in [4.78, 5) is 1.35. The van der Waals surface area contributed by atoms with Crippen molar-refractivity contribution in [1.29, 1.82) is 0 Å². The van der Waals surface area contributed by atoms with E-state index in [1.54, 1.807) is 0 Å². The van der Waals surface area contributed by atoms with Crippen LogP contribution in [0.4, 0.5) is 11.4 Å². The number of hydrogen-bond acceptors (Lipinski definition) is 3.